The molecule has 46 heavy (non-hydrogen) atoms. The number of aromatic nitrogens is 3. The maximum atomic E-state index is 6.51. The number of benzene rings is 7. The van der Waals surface area contributed by atoms with Crippen LogP contribution in [0, 0.1) is 0 Å². The van der Waals surface area contributed by atoms with Crippen molar-refractivity contribution in [2.24, 2.45) is 0 Å². The smallest absolute Gasteiger partial charge is 0.208 e. The summed E-state index contributed by atoms with van der Waals surface area (Å²) in [6.07, 6.45) is 0. The van der Waals surface area contributed by atoms with E-state index in [1.807, 2.05) is 12.1 Å². The Balaban J connectivity index is 1.10. The molecule has 0 aliphatic heterocycles. The minimum Gasteiger partial charge on any atom is -0.208 e. The first-order valence-corrected chi connectivity index (χ1v) is 16.3. The molecule has 0 atom stereocenters. The fourth-order valence-corrected chi connectivity index (χ4v) is 7.72. The normalized spacial score (nSPS) is 11.6. The molecular weight excluding hydrogens is 602 g/mol. The highest BCUT2D eigenvalue weighted by Crippen LogP contribution is 2.38. The van der Waals surface area contributed by atoms with Crippen LogP contribution < -0.4 is 0 Å². The van der Waals surface area contributed by atoms with Gasteiger partial charge in [0.1, 0.15) is 0 Å². The molecule has 2 aromatic heterocycles. The van der Waals surface area contributed by atoms with Gasteiger partial charge in [0.05, 0.1) is 0 Å². The first-order chi connectivity index (χ1) is 22.7. The molecule has 9 rings (SSSR count). The molecule has 0 saturated carbocycles. The minimum absolute atomic E-state index is 0.173. The van der Waals surface area contributed by atoms with Gasteiger partial charge < -0.3 is 0 Å². The molecule has 3 nitrogen and oxygen atoms in total. The van der Waals surface area contributed by atoms with E-state index < -0.39 is 0 Å². The highest BCUT2D eigenvalue weighted by molar-refractivity contribution is 7.25. The number of hydrogen-bond donors (Lipinski definition) is 0. The molecule has 0 N–H and O–H groups in total. The Morgan fingerprint density at radius 3 is 1.83 bits per heavy atom. The number of halogens is 1. The van der Waals surface area contributed by atoms with Crippen LogP contribution in [0.3, 0.4) is 0 Å². The summed E-state index contributed by atoms with van der Waals surface area (Å²) in [5, 5.41) is 7.52. The molecule has 0 aliphatic carbocycles. The molecule has 0 aliphatic rings. The van der Waals surface area contributed by atoms with E-state index in [1.165, 1.54) is 52.8 Å². The van der Waals surface area contributed by atoms with Crippen molar-refractivity contribution in [3.05, 3.63) is 151 Å². The second-order valence-corrected chi connectivity index (χ2v) is 12.8. The van der Waals surface area contributed by atoms with Crippen molar-refractivity contribution in [3.63, 3.8) is 0 Å². The van der Waals surface area contributed by atoms with Crippen LogP contribution >= 0.6 is 22.9 Å². The van der Waals surface area contributed by atoms with Crippen molar-refractivity contribution in [3.8, 4) is 45.0 Å². The van der Waals surface area contributed by atoms with Gasteiger partial charge in [-0.3, -0.25) is 0 Å². The van der Waals surface area contributed by atoms with Crippen LogP contribution in [0.2, 0.25) is 5.28 Å². The fraction of sp³-hybridized carbons (Fsp3) is 0. The third-order valence-corrected chi connectivity index (χ3v) is 9.98. The van der Waals surface area contributed by atoms with Crippen LogP contribution in [0.1, 0.15) is 0 Å². The summed E-state index contributed by atoms with van der Waals surface area (Å²) in [7, 11) is 0. The zero-order valence-electron chi connectivity index (χ0n) is 24.5. The Morgan fingerprint density at radius 2 is 0.978 bits per heavy atom. The number of fused-ring (bicyclic) bond motifs is 5. The number of nitrogens with zero attached hydrogens (tertiary/aromatic N) is 3. The highest BCUT2D eigenvalue weighted by Gasteiger charge is 2.14. The lowest BCUT2D eigenvalue weighted by atomic mass is 9.92. The lowest BCUT2D eigenvalue weighted by molar-refractivity contribution is 1.07. The van der Waals surface area contributed by atoms with Gasteiger partial charge >= 0.3 is 0 Å². The summed E-state index contributed by atoms with van der Waals surface area (Å²) in [4.78, 5) is 13.9. The number of hydrogen-bond acceptors (Lipinski definition) is 4. The second kappa shape index (κ2) is 10.9. The Bertz CT molecular complexity index is 2620. The number of thiophene rings is 1. The van der Waals surface area contributed by atoms with Gasteiger partial charge in [-0.15, -0.1) is 11.3 Å². The molecule has 0 amide bonds. The van der Waals surface area contributed by atoms with Crippen molar-refractivity contribution < 1.29 is 0 Å². The van der Waals surface area contributed by atoms with Gasteiger partial charge in [-0.1, -0.05) is 109 Å². The average molecular weight is 626 g/mol. The van der Waals surface area contributed by atoms with E-state index in [0.29, 0.717) is 11.6 Å². The zero-order valence-corrected chi connectivity index (χ0v) is 26.1. The Hall–Kier alpha value is -5.42. The average Bonchev–Trinajstić information content (AvgIpc) is 3.49. The zero-order chi connectivity index (χ0) is 30.6. The molecule has 9 aromatic rings. The molecule has 0 saturated heterocycles. The topological polar surface area (TPSA) is 38.7 Å². The summed E-state index contributed by atoms with van der Waals surface area (Å²) in [6, 6.07) is 51.4. The lowest BCUT2D eigenvalue weighted by Gasteiger charge is -2.12. The van der Waals surface area contributed by atoms with Gasteiger partial charge in [-0.2, -0.15) is 9.97 Å². The van der Waals surface area contributed by atoms with Crippen molar-refractivity contribution in [1.29, 1.82) is 0 Å². The fourth-order valence-electron chi connectivity index (χ4n) is 6.47. The summed E-state index contributed by atoms with van der Waals surface area (Å²) in [5.74, 6) is 1.11. The van der Waals surface area contributed by atoms with Crippen molar-refractivity contribution >= 4 is 64.7 Å². The first kappa shape index (κ1) is 26.9. The van der Waals surface area contributed by atoms with Crippen molar-refractivity contribution in [2.75, 3.05) is 0 Å². The predicted octanol–water partition coefficient (Wildman–Crippen LogP) is 11.9. The van der Waals surface area contributed by atoms with E-state index in [9.17, 15) is 0 Å². The van der Waals surface area contributed by atoms with Crippen LogP contribution in [0.4, 0.5) is 0 Å². The van der Waals surface area contributed by atoms with Gasteiger partial charge in [0.2, 0.25) is 5.28 Å². The van der Waals surface area contributed by atoms with E-state index in [0.717, 1.165) is 22.3 Å². The summed E-state index contributed by atoms with van der Waals surface area (Å²) >= 11 is 8.29. The van der Waals surface area contributed by atoms with Crippen LogP contribution in [-0.2, 0) is 0 Å². The van der Waals surface area contributed by atoms with E-state index in [2.05, 4.69) is 143 Å². The second-order valence-electron chi connectivity index (χ2n) is 11.4. The Labute approximate surface area is 274 Å². The molecule has 5 heteroatoms. The monoisotopic (exact) mass is 625 g/mol. The summed E-state index contributed by atoms with van der Waals surface area (Å²) in [6.45, 7) is 0. The molecule has 0 spiro atoms. The van der Waals surface area contributed by atoms with Crippen LogP contribution in [-0.4, -0.2) is 15.0 Å². The lowest BCUT2D eigenvalue weighted by Crippen LogP contribution is -1.97. The van der Waals surface area contributed by atoms with E-state index in [4.69, 9.17) is 16.6 Å². The molecule has 7 aromatic carbocycles. The molecule has 0 unspecified atom stereocenters. The van der Waals surface area contributed by atoms with Gasteiger partial charge in [0, 0.05) is 31.3 Å². The van der Waals surface area contributed by atoms with Gasteiger partial charge in [-0.05, 0) is 91.8 Å². The quantitative estimate of drug-likeness (QED) is 0.195. The van der Waals surface area contributed by atoms with Gasteiger partial charge in [0.15, 0.2) is 11.6 Å². The molecular formula is C41H24ClN3S. The van der Waals surface area contributed by atoms with Gasteiger partial charge in [-0.25, -0.2) is 4.98 Å². The van der Waals surface area contributed by atoms with E-state index in [1.54, 1.807) is 11.3 Å². The Morgan fingerprint density at radius 1 is 0.391 bits per heavy atom. The van der Waals surface area contributed by atoms with Crippen LogP contribution in [0.15, 0.2) is 146 Å². The van der Waals surface area contributed by atoms with Crippen LogP contribution in [0.25, 0.3) is 86.7 Å². The molecule has 0 fully saturated rings. The predicted molar refractivity (Wildman–Crippen MR) is 194 cm³/mol. The maximum absolute atomic E-state index is 6.51. The summed E-state index contributed by atoms with van der Waals surface area (Å²) in [5.41, 5.74) is 6.48. The SMILES string of the molecule is Clc1nc(-c2cccc(-c3ccc4c(-c5cccc6ccccc56)cccc4c3)c2)nc(-c2ccc3sc4ccccc4c3c2)n1. The van der Waals surface area contributed by atoms with E-state index in [-0.39, 0.29) is 5.28 Å². The number of rotatable bonds is 4. The summed E-state index contributed by atoms with van der Waals surface area (Å²) < 4.78 is 2.50. The third kappa shape index (κ3) is 4.62. The molecule has 216 valence electrons. The maximum Gasteiger partial charge on any atom is 0.226 e. The Kier molecular flexibility index (Phi) is 6.37. The molecule has 0 bridgehead atoms. The van der Waals surface area contributed by atoms with Crippen molar-refractivity contribution in [2.45, 2.75) is 0 Å². The van der Waals surface area contributed by atoms with Gasteiger partial charge in [0.25, 0.3) is 0 Å². The van der Waals surface area contributed by atoms with Crippen molar-refractivity contribution in [1.82, 2.24) is 15.0 Å². The largest absolute Gasteiger partial charge is 0.226 e. The standard InChI is InChI=1S/C41H24ClN3S/c42-41-44-39(43-40(45-41)30-19-21-38-36(24-30)35-14-3-4-17-37(35)46-38)29-12-5-10-26(23-29)27-18-20-32-28(22-27)11-7-16-34(32)33-15-6-9-25-8-1-2-13-31(25)33/h1-24H. The minimum atomic E-state index is 0.173. The molecule has 0 radical (unpaired) electrons. The highest BCUT2D eigenvalue weighted by atomic mass is 35.5. The first-order valence-electron chi connectivity index (χ1n) is 15.1. The van der Waals surface area contributed by atoms with Crippen LogP contribution in [0.5, 0.6) is 0 Å². The molecule has 2 heterocycles. The third-order valence-electron chi connectivity index (χ3n) is 8.66. The van der Waals surface area contributed by atoms with E-state index >= 15 is 0 Å².